The van der Waals surface area contributed by atoms with E-state index in [9.17, 15) is 0 Å². The molecule has 2 heterocycles. The summed E-state index contributed by atoms with van der Waals surface area (Å²) in [6.07, 6.45) is 0. The monoisotopic (exact) mass is 803 g/mol. The summed E-state index contributed by atoms with van der Waals surface area (Å²) >= 11 is 0. The summed E-state index contributed by atoms with van der Waals surface area (Å²) in [5, 5.41) is 11.6. The van der Waals surface area contributed by atoms with E-state index in [0.717, 1.165) is 66.5 Å². The lowest BCUT2D eigenvalue weighted by molar-refractivity contribution is 0.623. The molecular formula is C59H37N3O. The van der Waals surface area contributed by atoms with Gasteiger partial charge in [-0.2, -0.15) is 0 Å². The van der Waals surface area contributed by atoms with Crippen molar-refractivity contribution in [1.82, 2.24) is 9.55 Å². The van der Waals surface area contributed by atoms with Gasteiger partial charge in [-0.3, -0.25) is 0 Å². The van der Waals surface area contributed by atoms with Gasteiger partial charge in [0.1, 0.15) is 5.52 Å². The van der Waals surface area contributed by atoms with Crippen molar-refractivity contribution in [1.29, 1.82) is 0 Å². The second-order valence-electron chi connectivity index (χ2n) is 16.3. The van der Waals surface area contributed by atoms with Crippen LogP contribution in [0, 0.1) is 0 Å². The number of benzene rings is 11. The minimum absolute atomic E-state index is 0.619. The number of para-hydroxylation sites is 2. The predicted octanol–water partition coefficient (Wildman–Crippen LogP) is 16.3. The standard InChI is InChI=1S/C59H37N3O/c1-4-14-38(15-5-1)42-27-31-47-43(34-42)35-56(49-21-11-10-20-48(47)49)61(46-30-33-55-52(37-46)50-22-12-13-23-54(50)62(55)44-18-8-3-9-19-44)45-29-26-39-24-25-40-28-32-53-58(57(40)51(39)36-45)63-59(60-53)41-16-6-2-7-17-41/h1-37H. The molecule has 13 rings (SSSR count). The van der Waals surface area contributed by atoms with Gasteiger partial charge in [0.05, 0.1) is 16.7 Å². The van der Waals surface area contributed by atoms with Crippen LogP contribution in [0.15, 0.2) is 229 Å². The normalized spacial score (nSPS) is 11.8. The number of oxazole rings is 1. The Morgan fingerprint density at radius 1 is 0.381 bits per heavy atom. The summed E-state index contributed by atoms with van der Waals surface area (Å²) in [6, 6.07) is 80.8. The molecule has 0 saturated carbocycles. The Balaban J connectivity index is 1.10. The van der Waals surface area contributed by atoms with Crippen LogP contribution >= 0.6 is 0 Å². The van der Waals surface area contributed by atoms with Gasteiger partial charge in [-0.05, 0) is 122 Å². The van der Waals surface area contributed by atoms with E-state index >= 15 is 0 Å². The van der Waals surface area contributed by atoms with E-state index in [1.165, 1.54) is 49.0 Å². The molecule has 0 saturated heterocycles. The Bertz CT molecular complexity index is 3910. The first kappa shape index (κ1) is 35.3. The average Bonchev–Trinajstić information content (AvgIpc) is 3.94. The molecule has 0 N–H and O–H groups in total. The Morgan fingerprint density at radius 2 is 1.00 bits per heavy atom. The number of aromatic nitrogens is 2. The Morgan fingerprint density at radius 3 is 1.81 bits per heavy atom. The highest BCUT2D eigenvalue weighted by Crippen LogP contribution is 2.46. The smallest absolute Gasteiger partial charge is 0.227 e. The van der Waals surface area contributed by atoms with Gasteiger partial charge in [-0.15, -0.1) is 0 Å². The van der Waals surface area contributed by atoms with E-state index < -0.39 is 0 Å². The number of hydrogen-bond acceptors (Lipinski definition) is 3. The first-order valence-corrected chi connectivity index (χ1v) is 21.4. The van der Waals surface area contributed by atoms with Crippen LogP contribution in [0.25, 0.3) is 104 Å². The van der Waals surface area contributed by atoms with Crippen molar-refractivity contribution >= 4 is 93.1 Å². The number of hydrogen-bond donors (Lipinski definition) is 0. The third kappa shape index (κ3) is 5.66. The first-order valence-electron chi connectivity index (χ1n) is 21.4. The summed E-state index contributed by atoms with van der Waals surface area (Å²) in [4.78, 5) is 7.44. The molecule has 0 fully saturated rings. The van der Waals surface area contributed by atoms with Gasteiger partial charge < -0.3 is 13.9 Å². The van der Waals surface area contributed by atoms with E-state index in [0.29, 0.717) is 5.89 Å². The molecule has 63 heavy (non-hydrogen) atoms. The quantitative estimate of drug-likeness (QED) is 0.157. The van der Waals surface area contributed by atoms with Gasteiger partial charge in [0.2, 0.25) is 5.89 Å². The zero-order valence-corrected chi connectivity index (χ0v) is 34.1. The molecule has 13 aromatic rings. The van der Waals surface area contributed by atoms with Crippen molar-refractivity contribution in [3.8, 4) is 28.3 Å². The van der Waals surface area contributed by atoms with Gasteiger partial charge in [0.15, 0.2) is 5.58 Å². The molecule has 2 aromatic heterocycles. The minimum Gasteiger partial charge on any atom is -0.435 e. The molecule has 0 aliphatic rings. The maximum Gasteiger partial charge on any atom is 0.227 e. The van der Waals surface area contributed by atoms with E-state index in [1.807, 2.05) is 30.3 Å². The topological polar surface area (TPSA) is 34.2 Å². The number of nitrogens with zero attached hydrogens (tertiary/aromatic N) is 3. The zero-order chi connectivity index (χ0) is 41.4. The Kier molecular flexibility index (Phi) is 7.87. The van der Waals surface area contributed by atoms with Crippen LogP contribution in [-0.2, 0) is 0 Å². The van der Waals surface area contributed by atoms with Crippen LogP contribution in [0.1, 0.15) is 0 Å². The average molecular weight is 804 g/mol. The summed E-state index contributed by atoms with van der Waals surface area (Å²) in [7, 11) is 0. The van der Waals surface area contributed by atoms with Gasteiger partial charge in [-0.25, -0.2) is 4.98 Å². The van der Waals surface area contributed by atoms with E-state index in [-0.39, 0.29) is 0 Å². The third-order valence-electron chi connectivity index (χ3n) is 12.7. The molecule has 11 aromatic carbocycles. The molecule has 0 amide bonds. The van der Waals surface area contributed by atoms with Crippen LogP contribution in [0.5, 0.6) is 0 Å². The summed E-state index contributed by atoms with van der Waals surface area (Å²) < 4.78 is 9.08. The minimum atomic E-state index is 0.619. The lowest BCUT2D eigenvalue weighted by Gasteiger charge is -2.28. The fraction of sp³-hybridized carbons (Fsp3) is 0. The number of rotatable bonds is 6. The molecule has 0 bridgehead atoms. The molecule has 0 radical (unpaired) electrons. The van der Waals surface area contributed by atoms with Gasteiger partial charge in [0.25, 0.3) is 0 Å². The molecule has 4 heteroatoms. The SMILES string of the molecule is c1ccc(-c2ccc3c(c2)cc(N(c2ccc4ccc5ccc6nc(-c7ccccc7)oc6c5c4c2)c2ccc4c(c2)c2ccccc2n4-c2ccccc2)c2ccccc23)cc1. The van der Waals surface area contributed by atoms with Crippen molar-refractivity contribution in [2.24, 2.45) is 0 Å². The maximum atomic E-state index is 6.70. The second-order valence-corrected chi connectivity index (χ2v) is 16.3. The molecule has 0 spiro atoms. The van der Waals surface area contributed by atoms with Gasteiger partial charge in [0, 0.05) is 44.2 Å². The van der Waals surface area contributed by atoms with Crippen molar-refractivity contribution < 1.29 is 4.42 Å². The second kappa shape index (κ2) is 14.1. The molecule has 0 unspecified atom stereocenters. The molecule has 0 aliphatic carbocycles. The van der Waals surface area contributed by atoms with Crippen LogP contribution in [0.4, 0.5) is 17.1 Å². The fourth-order valence-electron chi connectivity index (χ4n) is 9.82. The highest BCUT2D eigenvalue weighted by atomic mass is 16.3. The van der Waals surface area contributed by atoms with Crippen LogP contribution in [0.3, 0.4) is 0 Å². The van der Waals surface area contributed by atoms with Crippen molar-refractivity contribution in [3.05, 3.63) is 224 Å². The lowest BCUT2D eigenvalue weighted by atomic mass is 9.95. The van der Waals surface area contributed by atoms with Crippen molar-refractivity contribution in [2.45, 2.75) is 0 Å². The fourth-order valence-corrected chi connectivity index (χ4v) is 9.82. The van der Waals surface area contributed by atoms with E-state index in [1.54, 1.807) is 0 Å². The lowest BCUT2D eigenvalue weighted by Crippen LogP contribution is -2.11. The zero-order valence-electron chi connectivity index (χ0n) is 34.1. The van der Waals surface area contributed by atoms with E-state index in [4.69, 9.17) is 9.40 Å². The van der Waals surface area contributed by atoms with Crippen LogP contribution in [0.2, 0.25) is 0 Å². The summed E-state index contributed by atoms with van der Waals surface area (Å²) in [6.45, 7) is 0. The molecule has 294 valence electrons. The van der Waals surface area contributed by atoms with Gasteiger partial charge >= 0.3 is 0 Å². The number of fused-ring (bicyclic) bond motifs is 11. The Hall–Kier alpha value is -8.47. The summed E-state index contributed by atoms with van der Waals surface area (Å²) in [5.74, 6) is 0.619. The van der Waals surface area contributed by atoms with Crippen LogP contribution in [-0.4, -0.2) is 9.55 Å². The highest BCUT2D eigenvalue weighted by molar-refractivity contribution is 6.20. The molecular weight excluding hydrogens is 767 g/mol. The third-order valence-corrected chi connectivity index (χ3v) is 12.7. The van der Waals surface area contributed by atoms with Gasteiger partial charge in [-0.1, -0.05) is 146 Å². The first-order chi connectivity index (χ1) is 31.2. The highest BCUT2D eigenvalue weighted by Gasteiger charge is 2.22. The Labute approximate surface area is 363 Å². The van der Waals surface area contributed by atoms with Crippen LogP contribution < -0.4 is 4.90 Å². The predicted molar refractivity (Wildman–Crippen MR) is 264 cm³/mol. The van der Waals surface area contributed by atoms with E-state index in [2.05, 4.69) is 204 Å². The molecule has 0 atom stereocenters. The molecule has 4 nitrogen and oxygen atoms in total. The van der Waals surface area contributed by atoms with Crippen molar-refractivity contribution in [2.75, 3.05) is 4.90 Å². The van der Waals surface area contributed by atoms with Crippen molar-refractivity contribution in [3.63, 3.8) is 0 Å². The molecule has 0 aliphatic heterocycles. The maximum absolute atomic E-state index is 6.70. The largest absolute Gasteiger partial charge is 0.435 e. The summed E-state index contributed by atoms with van der Waals surface area (Å²) in [5.41, 5.74) is 11.7. The number of anilines is 3.